The molecule has 0 bridgehead atoms. The van der Waals surface area contributed by atoms with Crippen molar-refractivity contribution in [1.29, 1.82) is 0 Å². The van der Waals surface area contributed by atoms with E-state index in [2.05, 4.69) is 19.2 Å². The molecule has 1 saturated heterocycles. The summed E-state index contributed by atoms with van der Waals surface area (Å²) >= 11 is 0. The molecule has 4 nitrogen and oxygen atoms in total. The third-order valence-corrected chi connectivity index (χ3v) is 3.14. The van der Waals surface area contributed by atoms with Crippen LogP contribution >= 0.6 is 0 Å². The lowest BCUT2D eigenvalue weighted by Crippen LogP contribution is -2.29. The highest BCUT2D eigenvalue weighted by Gasteiger charge is 2.29. The number of nitrogens with one attached hydrogen (secondary N) is 1. The average molecular weight is 243 g/mol. The Labute approximate surface area is 104 Å². The van der Waals surface area contributed by atoms with E-state index in [1.807, 2.05) is 0 Å². The second-order valence-corrected chi connectivity index (χ2v) is 5.26. The van der Waals surface area contributed by atoms with E-state index in [0.29, 0.717) is 6.42 Å². The number of aliphatic carboxylic acids is 1. The molecule has 1 aliphatic rings. The van der Waals surface area contributed by atoms with Crippen molar-refractivity contribution in [3.05, 3.63) is 0 Å². The zero-order valence-corrected chi connectivity index (χ0v) is 10.9. The van der Waals surface area contributed by atoms with Crippen molar-refractivity contribution in [1.82, 2.24) is 5.32 Å². The number of carboxylic acid groups (broad SMARTS) is 1. The normalized spacial score (nSPS) is 24.4. The quantitative estimate of drug-likeness (QED) is 0.640. The van der Waals surface area contributed by atoms with Crippen molar-refractivity contribution in [2.75, 3.05) is 13.1 Å². The number of unbranched alkanes of at least 4 members (excludes halogenated alkanes) is 1. The molecule has 0 radical (unpaired) electrons. The van der Waals surface area contributed by atoms with E-state index in [-0.39, 0.29) is 6.10 Å². The Morgan fingerprint density at radius 1 is 1.41 bits per heavy atom. The minimum Gasteiger partial charge on any atom is -0.479 e. The van der Waals surface area contributed by atoms with Gasteiger partial charge in [-0.15, -0.1) is 0 Å². The molecular formula is C13H25NO3. The van der Waals surface area contributed by atoms with Gasteiger partial charge >= 0.3 is 5.97 Å². The molecule has 0 amide bonds. The maximum Gasteiger partial charge on any atom is 0.332 e. The van der Waals surface area contributed by atoms with Gasteiger partial charge in [0.05, 0.1) is 6.10 Å². The predicted octanol–water partition coefficient (Wildman–Crippen LogP) is 2.03. The van der Waals surface area contributed by atoms with E-state index in [1.54, 1.807) is 0 Å². The van der Waals surface area contributed by atoms with E-state index in [0.717, 1.165) is 25.4 Å². The third kappa shape index (κ3) is 6.03. The highest BCUT2D eigenvalue weighted by Crippen LogP contribution is 2.19. The fourth-order valence-corrected chi connectivity index (χ4v) is 2.10. The summed E-state index contributed by atoms with van der Waals surface area (Å²) in [5, 5.41) is 12.1. The summed E-state index contributed by atoms with van der Waals surface area (Å²) in [6.45, 7) is 6.27. The summed E-state index contributed by atoms with van der Waals surface area (Å²) in [5.74, 6) is -0.0473. The minimum atomic E-state index is -0.829. The molecule has 4 heteroatoms. The molecule has 100 valence electrons. The largest absolute Gasteiger partial charge is 0.479 e. The number of rotatable bonds is 8. The van der Waals surface area contributed by atoms with Crippen LogP contribution in [0.2, 0.25) is 0 Å². The Kier molecular flexibility index (Phi) is 6.52. The first-order valence-electron chi connectivity index (χ1n) is 6.68. The van der Waals surface area contributed by atoms with Crippen molar-refractivity contribution in [2.45, 2.75) is 58.2 Å². The molecule has 1 fully saturated rings. The van der Waals surface area contributed by atoms with Crippen molar-refractivity contribution >= 4 is 5.97 Å². The maximum absolute atomic E-state index is 10.7. The second-order valence-electron chi connectivity index (χ2n) is 5.26. The molecule has 0 aromatic carbocycles. The van der Waals surface area contributed by atoms with Crippen molar-refractivity contribution < 1.29 is 14.6 Å². The molecule has 1 rings (SSSR count). The number of carboxylic acids is 1. The van der Waals surface area contributed by atoms with Gasteiger partial charge in [0.2, 0.25) is 0 Å². The molecular weight excluding hydrogens is 218 g/mol. The fourth-order valence-electron chi connectivity index (χ4n) is 2.10. The SMILES string of the molecule is CC(C)CCCCNCC1CCC(C(=O)O)O1. The zero-order chi connectivity index (χ0) is 12.7. The van der Waals surface area contributed by atoms with Crippen LogP contribution in [-0.2, 0) is 9.53 Å². The maximum atomic E-state index is 10.7. The van der Waals surface area contributed by atoms with Crippen LogP contribution in [-0.4, -0.2) is 36.4 Å². The Bertz CT molecular complexity index is 231. The molecule has 0 saturated carbocycles. The van der Waals surface area contributed by atoms with Crippen LogP contribution < -0.4 is 5.32 Å². The van der Waals surface area contributed by atoms with Crippen molar-refractivity contribution in [2.24, 2.45) is 5.92 Å². The lowest BCUT2D eigenvalue weighted by atomic mass is 10.1. The van der Waals surface area contributed by atoms with Crippen LogP contribution in [0.1, 0.15) is 46.0 Å². The summed E-state index contributed by atoms with van der Waals surface area (Å²) in [4.78, 5) is 10.7. The van der Waals surface area contributed by atoms with E-state index >= 15 is 0 Å². The molecule has 0 spiro atoms. The van der Waals surface area contributed by atoms with Crippen molar-refractivity contribution in [3.63, 3.8) is 0 Å². The van der Waals surface area contributed by atoms with E-state index in [9.17, 15) is 4.79 Å². The van der Waals surface area contributed by atoms with E-state index in [4.69, 9.17) is 9.84 Å². The topological polar surface area (TPSA) is 58.6 Å². The summed E-state index contributed by atoms with van der Waals surface area (Å²) in [7, 11) is 0. The molecule has 0 aromatic heterocycles. The van der Waals surface area contributed by atoms with Gasteiger partial charge in [-0.1, -0.05) is 26.7 Å². The summed E-state index contributed by atoms with van der Waals surface area (Å²) in [5.41, 5.74) is 0. The Hall–Kier alpha value is -0.610. The molecule has 2 atom stereocenters. The molecule has 17 heavy (non-hydrogen) atoms. The molecule has 0 aromatic rings. The standard InChI is InChI=1S/C13H25NO3/c1-10(2)5-3-4-8-14-9-11-6-7-12(17-11)13(15)16/h10-12,14H,3-9H2,1-2H3,(H,15,16). The Morgan fingerprint density at radius 2 is 2.18 bits per heavy atom. The van der Waals surface area contributed by atoms with E-state index < -0.39 is 12.1 Å². The molecule has 0 aliphatic carbocycles. The average Bonchev–Trinajstić information content (AvgIpc) is 2.71. The molecule has 1 heterocycles. The van der Waals surface area contributed by atoms with Gasteiger partial charge in [0.1, 0.15) is 0 Å². The van der Waals surface area contributed by atoms with Crippen LogP contribution in [0.4, 0.5) is 0 Å². The third-order valence-electron chi connectivity index (χ3n) is 3.14. The van der Waals surface area contributed by atoms with Crippen LogP contribution in [0.15, 0.2) is 0 Å². The van der Waals surface area contributed by atoms with Gasteiger partial charge in [-0.05, 0) is 31.7 Å². The van der Waals surface area contributed by atoms with E-state index in [1.165, 1.54) is 19.3 Å². The Morgan fingerprint density at radius 3 is 2.76 bits per heavy atom. The van der Waals surface area contributed by atoms with Crippen LogP contribution in [0, 0.1) is 5.92 Å². The van der Waals surface area contributed by atoms with Crippen LogP contribution in [0.5, 0.6) is 0 Å². The molecule has 2 N–H and O–H groups in total. The predicted molar refractivity (Wildman–Crippen MR) is 67.1 cm³/mol. The summed E-state index contributed by atoms with van der Waals surface area (Å²) < 4.78 is 5.41. The van der Waals surface area contributed by atoms with Crippen molar-refractivity contribution in [3.8, 4) is 0 Å². The number of carbonyl (C=O) groups is 1. The number of hydrogen-bond acceptors (Lipinski definition) is 3. The van der Waals surface area contributed by atoms with Gasteiger partial charge in [0.15, 0.2) is 6.10 Å². The second kappa shape index (κ2) is 7.67. The Balaban J connectivity index is 1.95. The zero-order valence-electron chi connectivity index (χ0n) is 10.9. The van der Waals surface area contributed by atoms with Gasteiger partial charge < -0.3 is 15.2 Å². The minimum absolute atomic E-state index is 0.0844. The summed E-state index contributed by atoms with van der Waals surface area (Å²) in [6.07, 6.45) is 4.73. The van der Waals surface area contributed by atoms with Gasteiger partial charge in [-0.2, -0.15) is 0 Å². The van der Waals surface area contributed by atoms with Crippen LogP contribution in [0.3, 0.4) is 0 Å². The fraction of sp³-hybridized carbons (Fsp3) is 0.923. The number of ether oxygens (including phenoxy) is 1. The molecule has 1 aliphatic heterocycles. The lowest BCUT2D eigenvalue weighted by Gasteiger charge is -2.12. The highest BCUT2D eigenvalue weighted by molar-refractivity contribution is 5.72. The smallest absolute Gasteiger partial charge is 0.332 e. The van der Waals surface area contributed by atoms with Gasteiger partial charge in [0, 0.05) is 6.54 Å². The summed E-state index contributed by atoms with van der Waals surface area (Å²) in [6, 6.07) is 0. The first kappa shape index (κ1) is 14.5. The first-order valence-corrected chi connectivity index (χ1v) is 6.68. The molecule has 2 unspecified atom stereocenters. The lowest BCUT2D eigenvalue weighted by molar-refractivity contribution is -0.149. The van der Waals surface area contributed by atoms with Gasteiger partial charge in [0.25, 0.3) is 0 Å². The highest BCUT2D eigenvalue weighted by atomic mass is 16.5. The van der Waals surface area contributed by atoms with Gasteiger partial charge in [-0.25, -0.2) is 4.79 Å². The van der Waals surface area contributed by atoms with Crippen LogP contribution in [0.25, 0.3) is 0 Å². The first-order chi connectivity index (χ1) is 8.09. The van der Waals surface area contributed by atoms with Gasteiger partial charge in [-0.3, -0.25) is 0 Å². The monoisotopic (exact) mass is 243 g/mol. The number of hydrogen-bond donors (Lipinski definition) is 2.